The Morgan fingerprint density at radius 2 is 1.73 bits per heavy atom. The molecule has 0 spiro atoms. The van der Waals surface area contributed by atoms with Gasteiger partial charge in [-0.05, 0) is 30.4 Å². The van der Waals surface area contributed by atoms with E-state index < -0.39 is 0 Å². The lowest BCUT2D eigenvalue weighted by Crippen LogP contribution is -2.38. The average Bonchev–Trinajstić information content (AvgIpc) is 3.05. The van der Waals surface area contributed by atoms with Crippen molar-refractivity contribution in [2.45, 2.75) is 32.2 Å². The Morgan fingerprint density at radius 1 is 1.00 bits per heavy atom. The van der Waals surface area contributed by atoms with Crippen molar-refractivity contribution < 1.29 is 4.79 Å². The SMILES string of the molecule is O=C(Cn1nc(-c2cccs2)c2ccccc2c1=O)N1CCCCCC1. The fourth-order valence-electron chi connectivity index (χ4n) is 3.49. The van der Waals surface area contributed by atoms with E-state index in [0.717, 1.165) is 41.9 Å². The molecule has 0 radical (unpaired) electrons. The van der Waals surface area contributed by atoms with Crippen LogP contribution in [0.2, 0.25) is 0 Å². The number of aromatic nitrogens is 2. The number of amides is 1. The first-order chi connectivity index (χ1) is 12.7. The Kier molecular flexibility index (Phi) is 4.84. The molecule has 0 atom stereocenters. The summed E-state index contributed by atoms with van der Waals surface area (Å²) in [6.07, 6.45) is 4.40. The van der Waals surface area contributed by atoms with E-state index in [9.17, 15) is 9.59 Å². The van der Waals surface area contributed by atoms with Crippen LogP contribution in [0.5, 0.6) is 0 Å². The Bertz CT molecular complexity index is 970. The summed E-state index contributed by atoms with van der Waals surface area (Å²) in [5, 5.41) is 8.00. The monoisotopic (exact) mass is 367 g/mol. The van der Waals surface area contributed by atoms with Crippen LogP contribution in [0.25, 0.3) is 21.3 Å². The lowest BCUT2D eigenvalue weighted by atomic mass is 10.1. The normalized spacial score (nSPS) is 15.2. The van der Waals surface area contributed by atoms with Gasteiger partial charge in [0, 0.05) is 18.5 Å². The number of carbonyl (C=O) groups is 1. The number of hydrogen-bond acceptors (Lipinski definition) is 4. The quantitative estimate of drug-likeness (QED) is 0.712. The van der Waals surface area contributed by atoms with Crippen LogP contribution >= 0.6 is 11.3 Å². The van der Waals surface area contributed by atoms with Crippen LogP contribution in [0.15, 0.2) is 46.6 Å². The molecular formula is C20H21N3O2S. The van der Waals surface area contributed by atoms with E-state index in [2.05, 4.69) is 5.10 Å². The standard InChI is InChI=1S/C20H21N3O2S/c24-18(22-11-5-1-2-6-12-22)14-23-20(25)16-9-4-3-8-15(16)19(21-23)17-10-7-13-26-17/h3-4,7-10,13H,1-2,5-6,11-12,14H2. The van der Waals surface area contributed by atoms with Gasteiger partial charge in [0.05, 0.1) is 10.3 Å². The summed E-state index contributed by atoms with van der Waals surface area (Å²) >= 11 is 1.58. The number of rotatable bonds is 3. The molecule has 5 nitrogen and oxygen atoms in total. The molecule has 0 aliphatic carbocycles. The van der Waals surface area contributed by atoms with E-state index >= 15 is 0 Å². The highest BCUT2D eigenvalue weighted by molar-refractivity contribution is 7.13. The van der Waals surface area contributed by atoms with Crippen molar-refractivity contribution in [3.8, 4) is 10.6 Å². The summed E-state index contributed by atoms with van der Waals surface area (Å²) in [6, 6.07) is 11.4. The summed E-state index contributed by atoms with van der Waals surface area (Å²) in [5.41, 5.74) is 0.558. The van der Waals surface area contributed by atoms with Gasteiger partial charge in [-0.15, -0.1) is 11.3 Å². The van der Waals surface area contributed by atoms with Crippen LogP contribution in [0.1, 0.15) is 25.7 Å². The van der Waals surface area contributed by atoms with Crippen LogP contribution in [0, 0.1) is 0 Å². The number of fused-ring (bicyclic) bond motifs is 1. The van der Waals surface area contributed by atoms with Gasteiger partial charge in [-0.3, -0.25) is 9.59 Å². The van der Waals surface area contributed by atoms with Gasteiger partial charge in [0.2, 0.25) is 5.91 Å². The largest absolute Gasteiger partial charge is 0.341 e. The van der Waals surface area contributed by atoms with Crippen molar-refractivity contribution in [2.75, 3.05) is 13.1 Å². The minimum atomic E-state index is -0.205. The molecule has 0 unspecified atom stereocenters. The molecule has 1 aliphatic rings. The number of likely N-dealkylation sites (tertiary alicyclic amines) is 1. The molecule has 26 heavy (non-hydrogen) atoms. The molecule has 1 saturated heterocycles. The number of hydrogen-bond donors (Lipinski definition) is 0. The molecule has 2 aromatic heterocycles. The van der Waals surface area contributed by atoms with Gasteiger partial charge < -0.3 is 4.90 Å². The van der Waals surface area contributed by atoms with Gasteiger partial charge in [-0.1, -0.05) is 37.1 Å². The maximum absolute atomic E-state index is 12.9. The maximum Gasteiger partial charge on any atom is 0.275 e. The number of carbonyl (C=O) groups excluding carboxylic acids is 1. The molecule has 3 aromatic rings. The summed E-state index contributed by atoms with van der Waals surface area (Å²) in [6.45, 7) is 1.56. The number of nitrogens with zero attached hydrogens (tertiary/aromatic N) is 3. The molecule has 0 saturated carbocycles. The smallest absolute Gasteiger partial charge is 0.275 e. The molecule has 1 aliphatic heterocycles. The molecule has 3 heterocycles. The fraction of sp³-hybridized carbons (Fsp3) is 0.350. The average molecular weight is 367 g/mol. The minimum Gasteiger partial charge on any atom is -0.341 e. The highest BCUT2D eigenvalue weighted by Crippen LogP contribution is 2.28. The van der Waals surface area contributed by atoms with E-state index in [-0.39, 0.29) is 18.0 Å². The highest BCUT2D eigenvalue weighted by Gasteiger charge is 2.19. The van der Waals surface area contributed by atoms with Crippen LogP contribution in [0.4, 0.5) is 0 Å². The minimum absolute atomic E-state index is 0.00203. The second-order valence-electron chi connectivity index (χ2n) is 6.63. The third kappa shape index (κ3) is 3.29. The Hall–Kier alpha value is -2.47. The van der Waals surface area contributed by atoms with Crippen molar-refractivity contribution in [1.29, 1.82) is 0 Å². The molecule has 1 amide bonds. The van der Waals surface area contributed by atoms with Gasteiger partial charge in [0.15, 0.2) is 0 Å². The molecule has 134 valence electrons. The molecule has 6 heteroatoms. The van der Waals surface area contributed by atoms with Crippen LogP contribution in [0.3, 0.4) is 0 Å². The zero-order chi connectivity index (χ0) is 17.9. The van der Waals surface area contributed by atoms with Crippen molar-refractivity contribution in [3.63, 3.8) is 0 Å². The predicted octanol–water partition coefficient (Wildman–Crippen LogP) is 3.53. The molecule has 1 aromatic carbocycles. The molecule has 0 N–H and O–H groups in total. The van der Waals surface area contributed by atoms with Crippen molar-refractivity contribution in [3.05, 3.63) is 52.1 Å². The van der Waals surface area contributed by atoms with Gasteiger partial charge >= 0.3 is 0 Å². The van der Waals surface area contributed by atoms with E-state index in [4.69, 9.17) is 0 Å². The first-order valence-electron chi connectivity index (χ1n) is 9.05. The third-order valence-electron chi connectivity index (χ3n) is 4.87. The maximum atomic E-state index is 12.9. The third-order valence-corrected chi connectivity index (χ3v) is 5.74. The highest BCUT2D eigenvalue weighted by atomic mass is 32.1. The van der Waals surface area contributed by atoms with Crippen molar-refractivity contribution in [2.24, 2.45) is 0 Å². The number of thiophene rings is 1. The molecule has 0 bridgehead atoms. The van der Waals surface area contributed by atoms with E-state index in [1.54, 1.807) is 11.3 Å². The topological polar surface area (TPSA) is 55.2 Å². The summed E-state index contributed by atoms with van der Waals surface area (Å²) in [4.78, 5) is 28.5. The Morgan fingerprint density at radius 3 is 2.42 bits per heavy atom. The second-order valence-corrected chi connectivity index (χ2v) is 7.58. The van der Waals surface area contributed by atoms with Crippen LogP contribution in [-0.2, 0) is 11.3 Å². The first-order valence-corrected chi connectivity index (χ1v) is 9.93. The fourth-order valence-corrected chi connectivity index (χ4v) is 4.21. The van der Waals surface area contributed by atoms with E-state index in [1.165, 1.54) is 17.5 Å². The van der Waals surface area contributed by atoms with E-state index in [0.29, 0.717) is 5.39 Å². The zero-order valence-electron chi connectivity index (χ0n) is 14.6. The van der Waals surface area contributed by atoms with Crippen molar-refractivity contribution in [1.82, 2.24) is 14.7 Å². The van der Waals surface area contributed by atoms with Crippen LogP contribution in [-0.4, -0.2) is 33.7 Å². The van der Waals surface area contributed by atoms with Gasteiger partial charge in [-0.2, -0.15) is 5.10 Å². The van der Waals surface area contributed by atoms with Crippen molar-refractivity contribution >= 4 is 28.0 Å². The van der Waals surface area contributed by atoms with Crippen LogP contribution < -0.4 is 5.56 Å². The van der Waals surface area contributed by atoms with Gasteiger partial charge in [0.25, 0.3) is 5.56 Å². The predicted molar refractivity (Wildman–Crippen MR) is 104 cm³/mol. The molecule has 4 rings (SSSR count). The molecular weight excluding hydrogens is 346 g/mol. The van der Waals surface area contributed by atoms with E-state index in [1.807, 2.05) is 46.7 Å². The van der Waals surface area contributed by atoms with Gasteiger partial charge in [0.1, 0.15) is 12.2 Å². The zero-order valence-corrected chi connectivity index (χ0v) is 15.4. The summed E-state index contributed by atoms with van der Waals surface area (Å²) < 4.78 is 1.34. The lowest BCUT2D eigenvalue weighted by Gasteiger charge is -2.20. The summed E-state index contributed by atoms with van der Waals surface area (Å²) in [7, 11) is 0. The number of benzene rings is 1. The summed E-state index contributed by atoms with van der Waals surface area (Å²) in [5.74, 6) is -0.0195. The first kappa shape index (κ1) is 17.0. The van der Waals surface area contributed by atoms with Gasteiger partial charge in [-0.25, -0.2) is 4.68 Å². The Labute approximate surface area is 155 Å². The second kappa shape index (κ2) is 7.41. The molecule has 1 fully saturated rings. The lowest BCUT2D eigenvalue weighted by molar-refractivity contribution is -0.132. The Balaban J connectivity index is 1.74.